The second-order valence-corrected chi connectivity index (χ2v) is 5.11. The molecule has 0 aromatic heterocycles. The van der Waals surface area contributed by atoms with E-state index in [-0.39, 0.29) is 17.8 Å². The number of esters is 2. The van der Waals surface area contributed by atoms with Crippen LogP contribution in [0.2, 0.25) is 0 Å². The van der Waals surface area contributed by atoms with Crippen molar-refractivity contribution in [1.82, 2.24) is 0 Å². The Labute approximate surface area is 120 Å². The third-order valence-electron chi connectivity index (χ3n) is 3.95. The van der Waals surface area contributed by atoms with Crippen LogP contribution in [-0.4, -0.2) is 25.2 Å². The lowest BCUT2D eigenvalue weighted by molar-refractivity contribution is -0.143. The van der Waals surface area contributed by atoms with Gasteiger partial charge in [-0.3, -0.25) is 0 Å². The summed E-state index contributed by atoms with van der Waals surface area (Å²) in [6.45, 7) is 13.3. The Hall–Kier alpha value is -1.84. The molecule has 0 aromatic carbocycles. The summed E-state index contributed by atoms with van der Waals surface area (Å²) in [4.78, 5) is 22.4. The summed E-state index contributed by atoms with van der Waals surface area (Å²) in [5.74, 6) is 0.0388. The summed E-state index contributed by atoms with van der Waals surface area (Å²) >= 11 is 0. The molecule has 4 atom stereocenters. The van der Waals surface area contributed by atoms with E-state index in [0.717, 1.165) is 18.6 Å². The standard InChI is InChI=1S/C16H22O4/c1-5-12-8-11(4)13(9-19-15(17)6-2)14(12)10-20-16(18)7-3/h5-7,11-14H,1-3,8-10H2,4H3. The molecular weight excluding hydrogens is 256 g/mol. The van der Waals surface area contributed by atoms with Gasteiger partial charge in [0.05, 0.1) is 13.2 Å². The van der Waals surface area contributed by atoms with E-state index in [0.29, 0.717) is 19.1 Å². The Morgan fingerprint density at radius 2 is 1.55 bits per heavy atom. The van der Waals surface area contributed by atoms with Crippen LogP contribution in [0, 0.1) is 23.7 Å². The largest absolute Gasteiger partial charge is 0.462 e. The van der Waals surface area contributed by atoms with Crippen LogP contribution in [0.4, 0.5) is 0 Å². The molecule has 0 amide bonds. The van der Waals surface area contributed by atoms with E-state index in [1.165, 1.54) is 0 Å². The van der Waals surface area contributed by atoms with Crippen LogP contribution < -0.4 is 0 Å². The van der Waals surface area contributed by atoms with Crippen LogP contribution in [0.5, 0.6) is 0 Å². The molecule has 0 aliphatic heterocycles. The predicted molar refractivity (Wildman–Crippen MR) is 76.8 cm³/mol. The number of allylic oxidation sites excluding steroid dienone is 1. The third-order valence-corrected chi connectivity index (χ3v) is 3.95. The first-order valence-electron chi connectivity index (χ1n) is 6.74. The Bertz CT molecular complexity index is 399. The molecule has 0 bridgehead atoms. The van der Waals surface area contributed by atoms with Gasteiger partial charge in [-0.05, 0) is 18.3 Å². The smallest absolute Gasteiger partial charge is 0.330 e. The Morgan fingerprint density at radius 1 is 1.05 bits per heavy atom. The predicted octanol–water partition coefficient (Wildman–Crippen LogP) is 2.52. The minimum atomic E-state index is -0.436. The Balaban J connectivity index is 2.68. The summed E-state index contributed by atoms with van der Waals surface area (Å²) in [7, 11) is 0. The van der Waals surface area contributed by atoms with Crippen molar-refractivity contribution in [3.8, 4) is 0 Å². The molecule has 1 aliphatic rings. The van der Waals surface area contributed by atoms with Crippen molar-refractivity contribution in [1.29, 1.82) is 0 Å². The number of carbonyl (C=O) groups is 2. The zero-order chi connectivity index (χ0) is 15.1. The number of hydrogen-bond acceptors (Lipinski definition) is 4. The number of carbonyl (C=O) groups excluding carboxylic acids is 2. The second-order valence-electron chi connectivity index (χ2n) is 5.11. The highest BCUT2D eigenvalue weighted by atomic mass is 16.5. The maximum absolute atomic E-state index is 11.2. The van der Waals surface area contributed by atoms with Crippen LogP contribution >= 0.6 is 0 Å². The van der Waals surface area contributed by atoms with Gasteiger partial charge in [0.2, 0.25) is 0 Å². The van der Waals surface area contributed by atoms with Gasteiger partial charge in [-0.2, -0.15) is 0 Å². The monoisotopic (exact) mass is 278 g/mol. The molecule has 1 saturated carbocycles. The highest BCUT2D eigenvalue weighted by Gasteiger charge is 2.40. The molecule has 0 spiro atoms. The Kier molecular flexibility index (Phi) is 6.22. The van der Waals surface area contributed by atoms with Crippen molar-refractivity contribution >= 4 is 11.9 Å². The van der Waals surface area contributed by atoms with E-state index >= 15 is 0 Å². The lowest BCUT2D eigenvalue weighted by Gasteiger charge is -2.24. The maximum atomic E-state index is 11.2. The van der Waals surface area contributed by atoms with E-state index in [9.17, 15) is 9.59 Å². The molecule has 0 radical (unpaired) electrons. The molecule has 0 heterocycles. The van der Waals surface area contributed by atoms with Crippen molar-refractivity contribution in [2.75, 3.05) is 13.2 Å². The molecular formula is C16H22O4. The first-order valence-corrected chi connectivity index (χ1v) is 6.74. The van der Waals surface area contributed by atoms with Crippen LogP contribution in [0.15, 0.2) is 38.0 Å². The molecule has 0 aromatic rings. The molecule has 1 rings (SSSR count). The van der Waals surface area contributed by atoms with Crippen LogP contribution in [0.1, 0.15) is 13.3 Å². The summed E-state index contributed by atoms with van der Waals surface area (Å²) < 4.78 is 10.3. The molecule has 110 valence electrons. The molecule has 4 nitrogen and oxygen atoms in total. The molecule has 20 heavy (non-hydrogen) atoms. The quantitative estimate of drug-likeness (QED) is 0.408. The van der Waals surface area contributed by atoms with Gasteiger partial charge < -0.3 is 9.47 Å². The number of ether oxygens (including phenoxy) is 2. The molecule has 0 saturated heterocycles. The first-order chi connectivity index (χ1) is 9.53. The lowest BCUT2D eigenvalue weighted by atomic mass is 9.88. The van der Waals surface area contributed by atoms with Gasteiger partial charge >= 0.3 is 11.9 Å². The van der Waals surface area contributed by atoms with E-state index in [1.54, 1.807) is 0 Å². The summed E-state index contributed by atoms with van der Waals surface area (Å²) in [6, 6.07) is 0. The summed E-state index contributed by atoms with van der Waals surface area (Å²) in [5.41, 5.74) is 0. The fourth-order valence-corrected chi connectivity index (χ4v) is 2.80. The average Bonchev–Trinajstić information content (AvgIpc) is 2.77. The normalized spacial score (nSPS) is 28.4. The number of hydrogen-bond donors (Lipinski definition) is 0. The highest BCUT2D eigenvalue weighted by Crippen LogP contribution is 2.42. The van der Waals surface area contributed by atoms with Gasteiger partial charge in [0.1, 0.15) is 0 Å². The van der Waals surface area contributed by atoms with Gasteiger partial charge in [-0.1, -0.05) is 26.2 Å². The topological polar surface area (TPSA) is 52.6 Å². The van der Waals surface area contributed by atoms with Crippen molar-refractivity contribution in [3.05, 3.63) is 38.0 Å². The zero-order valence-corrected chi connectivity index (χ0v) is 11.9. The fraction of sp³-hybridized carbons (Fsp3) is 0.500. The lowest BCUT2D eigenvalue weighted by Crippen LogP contribution is -2.27. The zero-order valence-electron chi connectivity index (χ0n) is 11.9. The van der Waals surface area contributed by atoms with Crippen LogP contribution in [0.3, 0.4) is 0 Å². The molecule has 4 heteroatoms. The summed E-state index contributed by atoms with van der Waals surface area (Å²) in [6.07, 6.45) is 5.14. The van der Waals surface area contributed by atoms with Crippen LogP contribution in [0.25, 0.3) is 0 Å². The van der Waals surface area contributed by atoms with Gasteiger partial charge in [-0.15, -0.1) is 6.58 Å². The second kappa shape index (κ2) is 7.68. The molecule has 1 fully saturated rings. The molecule has 1 aliphatic carbocycles. The van der Waals surface area contributed by atoms with E-state index < -0.39 is 11.9 Å². The Morgan fingerprint density at radius 3 is 2.00 bits per heavy atom. The van der Waals surface area contributed by atoms with E-state index in [2.05, 4.69) is 26.7 Å². The number of rotatable bonds is 7. The minimum Gasteiger partial charge on any atom is -0.462 e. The SMILES string of the molecule is C=CC(=O)OCC1C(C)CC(C=C)C1COC(=O)C=C. The van der Waals surface area contributed by atoms with Crippen molar-refractivity contribution in [2.24, 2.45) is 23.7 Å². The molecule has 4 unspecified atom stereocenters. The molecule has 0 N–H and O–H groups in total. The van der Waals surface area contributed by atoms with Gasteiger partial charge in [-0.25, -0.2) is 9.59 Å². The van der Waals surface area contributed by atoms with Gasteiger partial charge in [0.15, 0.2) is 0 Å². The van der Waals surface area contributed by atoms with Gasteiger partial charge in [0.25, 0.3) is 0 Å². The van der Waals surface area contributed by atoms with Crippen molar-refractivity contribution in [3.63, 3.8) is 0 Å². The first kappa shape index (κ1) is 16.2. The van der Waals surface area contributed by atoms with Gasteiger partial charge in [0, 0.05) is 24.0 Å². The third kappa shape index (κ3) is 4.08. The maximum Gasteiger partial charge on any atom is 0.330 e. The van der Waals surface area contributed by atoms with Crippen LogP contribution in [-0.2, 0) is 19.1 Å². The van der Waals surface area contributed by atoms with Crippen molar-refractivity contribution < 1.29 is 19.1 Å². The van der Waals surface area contributed by atoms with Crippen molar-refractivity contribution in [2.45, 2.75) is 13.3 Å². The minimum absolute atomic E-state index is 0.115. The van der Waals surface area contributed by atoms with E-state index in [4.69, 9.17) is 9.47 Å². The fourth-order valence-electron chi connectivity index (χ4n) is 2.80. The highest BCUT2D eigenvalue weighted by molar-refractivity contribution is 5.81. The summed E-state index contributed by atoms with van der Waals surface area (Å²) in [5, 5.41) is 0. The van der Waals surface area contributed by atoms with E-state index in [1.807, 2.05) is 6.08 Å². The average molecular weight is 278 g/mol.